The van der Waals surface area contributed by atoms with E-state index < -0.39 is 0 Å². The van der Waals surface area contributed by atoms with Crippen LogP contribution in [0, 0.1) is 5.92 Å². The van der Waals surface area contributed by atoms with Crippen molar-refractivity contribution in [1.82, 2.24) is 10.6 Å². The van der Waals surface area contributed by atoms with E-state index in [0.717, 1.165) is 24.2 Å². The first-order valence-corrected chi connectivity index (χ1v) is 10.2. The molecule has 154 valence electrons. The molecule has 1 aliphatic carbocycles. The minimum atomic E-state index is -0.143. The normalized spacial score (nSPS) is 13.6. The van der Waals surface area contributed by atoms with Gasteiger partial charge in [-0.25, -0.2) is 0 Å². The van der Waals surface area contributed by atoms with Crippen LogP contribution in [0.3, 0.4) is 0 Å². The minimum absolute atomic E-state index is 0.0941. The Balaban J connectivity index is 1.42. The van der Waals surface area contributed by atoms with E-state index in [0.29, 0.717) is 25.3 Å². The van der Waals surface area contributed by atoms with Crippen molar-refractivity contribution >= 4 is 11.8 Å². The Morgan fingerprint density at radius 1 is 0.931 bits per heavy atom. The number of rotatable bonds is 8. The van der Waals surface area contributed by atoms with Gasteiger partial charge in [0.15, 0.2) is 0 Å². The number of ether oxygens (including phenoxy) is 1. The summed E-state index contributed by atoms with van der Waals surface area (Å²) in [5.41, 5.74) is 2.99. The molecule has 0 atom stereocenters. The van der Waals surface area contributed by atoms with Gasteiger partial charge in [-0.1, -0.05) is 45.0 Å². The van der Waals surface area contributed by atoms with E-state index in [-0.39, 0.29) is 23.1 Å². The van der Waals surface area contributed by atoms with Gasteiger partial charge in [0.2, 0.25) is 5.91 Å². The van der Waals surface area contributed by atoms with E-state index in [1.54, 1.807) is 12.1 Å². The zero-order valence-electron chi connectivity index (χ0n) is 17.5. The van der Waals surface area contributed by atoms with Gasteiger partial charge >= 0.3 is 0 Å². The molecule has 2 amide bonds. The van der Waals surface area contributed by atoms with Crippen LogP contribution >= 0.6 is 0 Å². The van der Waals surface area contributed by atoms with Crippen LogP contribution in [0.25, 0.3) is 0 Å². The molecule has 2 aromatic rings. The number of nitrogens with one attached hydrogen (secondary N) is 2. The zero-order valence-corrected chi connectivity index (χ0v) is 17.5. The predicted octanol–water partition coefficient (Wildman–Crippen LogP) is 3.82. The first kappa shape index (κ1) is 20.9. The molecule has 0 unspecified atom stereocenters. The molecule has 5 heteroatoms. The summed E-state index contributed by atoms with van der Waals surface area (Å²) in [6.07, 6.45) is 1.97. The fraction of sp³-hybridized carbons (Fsp3) is 0.417. The van der Waals surface area contributed by atoms with Crippen molar-refractivity contribution in [2.75, 3.05) is 13.1 Å². The van der Waals surface area contributed by atoms with E-state index in [4.69, 9.17) is 4.74 Å². The molecule has 1 fully saturated rings. The van der Waals surface area contributed by atoms with Gasteiger partial charge in [0.05, 0.1) is 0 Å². The lowest BCUT2D eigenvalue weighted by atomic mass is 9.87. The lowest BCUT2D eigenvalue weighted by Gasteiger charge is -2.19. The van der Waals surface area contributed by atoms with Crippen LogP contribution in [0.1, 0.15) is 55.1 Å². The SMILES string of the molecule is CC(C)(C)c1ccc(OCc2ccc(C(=O)NCCNC(=O)C3CC3)cc2)cc1. The van der Waals surface area contributed by atoms with E-state index in [1.807, 2.05) is 24.3 Å². The van der Waals surface area contributed by atoms with Crippen LogP contribution in [0.15, 0.2) is 48.5 Å². The molecule has 2 aromatic carbocycles. The van der Waals surface area contributed by atoms with Gasteiger partial charge in [0.1, 0.15) is 12.4 Å². The van der Waals surface area contributed by atoms with Crippen molar-refractivity contribution < 1.29 is 14.3 Å². The summed E-state index contributed by atoms with van der Waals surface area (Å²) in [6.45, 7) is 7.89. The van der Waals surface area contributed by atoms with Crippen molar-refractivity contribution in [2.45, 2.75) is 45.6 Å². The molecule has 2 N–H and O–H groups in total. The minimum Gasteiger partial charge on any atom is -0.489 e. The van der Waals surface area contributed by atoms with Gasteiger partial charge in [-0.05, 0) is 53.6 Å². The fourth-order valence-electron chi connectivity index (χ4n) is 2.92. The fourth-order valence-corrected chi connectivity index (χ4v) is 2.92. The molecule has 0 aromatic heterocycles. The summed E-state index contributed by atoms with van der Waals surface area (Å²) in [6, 6.07) is 15.5. The lowest BCUT2D eigenvalue weighted by molar-refractivity contribution is -0.122. The largest absolute Gasteiger partial charge is 0.489 e. The maximum Gasteiger partial charge on any atom is 0.251 e. The summed E-state index contributed by atoms with van der Waals surface area (Å²) in [4.78, 5) is 23.7. The molecule has 0 spiro atoms. The molecule has 1 saturated carbocycles. The van der Waals surface area contributed by atoms with Crippen LogP contribution in [0.2, 0.25) is 0 Å². The Bertz CT molecular complexity index is 832. The first-order valence-electron chi connectivity index (χ1n) is 10.2. The molecule has 0 bridgehead atoms. The quantitative estimate of drug-likeness (QED) is 0.669. The number of carbonyl (C=O) groups excluding carboxylic acids is 2. The van der Waals surface area contributed by atoms with Gasteiger partial charge in [0, 0.05) is 24.6 Å². The maximum absolute atomic E-state index is 12.2. The van der Waals surface area contributed by atoms with Gasteiger partial charge in [0.25, 0.3) is 5.91 Å². The molecular weight excluding hydrogens is 364 g/mol. The highest BCUT2D eigenvalue weighted by Crippen LogP contribution is 2.28. The Labute approximate surface area is 172 Å². The second kappa shape index (κ2) is 9.12. The second-order valence-corrected chi connectivity index (χ2v) is 8.58. The molecule has 0 saturated heterocycles. The number of hydrogen-bond acceptors (Lipinski definition) is 3. The van der Waals surface area contributed by atoms with Gasteiger partial charge < -0.3 is 15.4 Å². The zero-order chi connectivity index (χ0) is 20.9. The Morgan fingerprint density at radius 2 is 1.55 bits per heavy atom. The molecule has 1 aliphatic rings. The highest BCUT2D eigenvalue weighted by molar-refractivity contribution is 5.94. The topological polar surface area (TPSA) is 67.4 Å². The highest BCUT2D eigenvalue weighted by atomic mass is 16.5. The van der Waals surface area contributed by atoms with Crippen molar-refractivity contribution in [3.63, 3.8) is 0 Å². The third-order valence-corrected chi connectivity index (χ3v) is 5.00. The standard InChI is InChI=1S/C24H30N2O3/c1-24(2,3)20-10-12-21(13-11-20)29-16-17-4-6-18(7-5-17)22(27)25-14-15-26-23(28)19-8-9-19/h4-7,10-13,19H,8-9,14-16H2,1-3H3,(H,25,27)(H,26,28). The Hall–Kier alpha value is -2.82. The summed E-state index contributed by atoms with van der Waals surface area (Å²) in [5, 5.41) is 5.66. The number of carbonyl (C=O) groups is 2. The van der Waals surface area contributed by atoms with Crippen LogP contribution in [-0.2, 0) is 16.8 Å². The summed E-state index contributed by atoms with van der Waals surface area (Å²) in [5.74, 6) is 0.970. The van der Waals surface area contributed by atoms with E-state index in [1.165, 1.54) is 5.56 Å². The second-order valence-electron chi connectivity index (χ2n) is 8.58. The predicted molar refractivity (Wildman–Crippen MR) is 114 cm³/mol. The van der Waals surface area contributed by atoms with Crippen molar-refractivity contribution in [3.05, 3.63) is 65.2 Å². The molecule has 3 rings (SSSR count). The average molecular weight is 395 g/mol. The molecule has 29 heavy (non-hydrogen) atoms. The van der Waals surface area contributed by atoms with Crippen LogP contribution in [-0.4, -0.2) is 24.9 Å². The number of hydrogen-bond donors (Lipinski definition) is 2. The van der Waals surface area contributed by atoms with Crippen LogP contribution in [0.4, 0.5) is 0 Å². The van der Waals surface area contributed by atoms with E-state index in [9.17, 15) is 9.59 Å². The maximum atomic E-state index is 12.2. The van der Waals surface area contributed by atoms with E-state index in [2.05, 4.69) is 43.5 Å². The van der Waals surface area contributed by atoms with Gasteiger partial charge in [-0.3, -0.25) is 9.59 Å². The average Bonchev–Trinajstić information content (AvgIpc) is 3.55. The number of amides is 2. The summed E-state index contributed by atoms with van der Waals surface area (Å²) >= 11 is 0. The monoisotopic (exact) mass is 394 g/mol. The van der Waals surface area contributed by atoms with E-state index >= 15 is 0 Å². The Kier molecular flexibility index (Phi) is 6.57. The molecule has 0 radical (unpaired) electrons. The van der Waals surface area contributed by atoms with Crippen molar-refractivity contribution in [3.8, 4) is 5.75 Å². The first-order chi connectivity index (χ1) is 13.8. The summed E-state index contributed by atoms with van der Waals surface area (Å²) in [7, 11) is 0. The third kappa shape index (κ3) is 6.34. The molecule has 5 nitrogen and oxygen atoms in total. The molecule has 0 aliphatic heterocycles. The van der Waals surface area contributed by atoms with Crippen molar-refractivity contribution in [2.24, 2.45) is 5.92 Å². The van der Waals surface area contributed by atoms with Gasteiger partial charge in [-0.2, -0.15) is 0 Å². The smallest absolute Gasteiger partial charge is 0.251 e. The van der Waals surface area contributed by atoms with Crippen LogP contribution < -0.4 is 15.4 Å². The highest BCUT2D eigenvalue weighted by Gasteiger charge is 2.29. The number of benzene rings is 2. The lowest BCUT2D eigenvalue weighted by Crippen LogP contribution is -2.35. The molecular formula is C24H30N2O3. The summed E-state index contributed by atoms with van der Waals surface area (Å²) < 4.78 is 5.85. The molecule has 0 heterocycles. The Morgan fingerprint density at radius 3 is 2.14 bits per heavy atom. The van der Waals surface area contributed by atoms with Crippen molar-refractivity contribution in [1.29, 1.82) is 0 Å². The third-order valence-electron chi connectivity index (χ3n) is 5.00. The van der Waals surface area contributed by atoms with Crippen LogP contribution in [0.5, 0.6) is 5.75 Å². The van der Waals surface area contributed by atoms with Gasteiger partial charge in [-0.15, -0.1) is 0 Å².